The Morgan fingerprint density at radius 1 is 0.967 bits per heavy atom. The normalized spacial score (nSPS) is 13.0. The van der Waals surface area contributed by atoms with Crippen molar-refractivity contribution in [2.24, 2.45) is 5.10 Å². The van der Waals surface area contributed by atoms with Gasteiger partial charge < -0.3 is 4.74 Å². The first kappa shape index (κ1) is 24.0. The quantitative estimate of drug-likeness (QED) is 0.214. The molecule has 0 aliphatic heterocycles. The molecule has 0 fully saturated rings. The summed E-state index contributed by atoms with van der Waals surface area (Å²) < 4.78 is 107. The minimum Gasteiger partial charge on any atom is -0.486 e. The Morgan fingerprint density at radius 2 is 1.53 bits per heavy atom. The maximum Gasteiger partial charge on any atom is 0.462 e. The molecule has 0 unspecified atom stereocenters. The number of rotatable bonds is 7. The van der Waals surface area contributed by atoms with E-state index < -0.39 is 24.0 Å². The molecular formula is C17H10Cl2F8N2O. The van der Waals surface area contributed by atoms with Gasteiger partial charge in [-0.05, 0) is 23.8 Å². The standard InChI is InChI=1S/C17H10Cl2F8N2O/c18-11-5-9(7-28-29-17(26,27)15(21,22)16(23,24)25)6-12(19)14(11)30-8-10-3-1-2-4-13(10)20/h1-7,29H,8H2/b28-7+. The fourth-order valence-electron chi connectivity index (χ4n) is 1.99. The van der Waals surface area contributed by atoms with E-state index in [0.717, 1.165) is 12.1 Å². The summed E-state index contributed by atoms with van der Waals surface area (Å²) in [5.74, 6) is -7.01. The molecule has 0 aromatic heterocycles. The van der Waals surface area contributed by atoms with E-state index in [9.17, 15) is 35.1 Å². The predicted octanol–water partition coefficient (Wildman–Crippen LogP) is 6.43. The van der Waals surface area contributed by atoms with E-state index in [1.54, 1.807) is 6.07 Å². The lowest BCUT2D eigenvalue weighted by molar-refractivity contribution is -0.361. The summed E-state index contributed by atoms with van der Waals surface area (Å²) in [6.07, 6.45) is -6.00. The second kappa shape index (κ2) is 8.84. The fraction of sp³-hybridized carbons (Fsp3) is 0.235. The van der Waals surface area contributed by atoms with E-state index >= 15 is 0 Å². The number of hydrogen-bond donors (Lipinski definition) is 1. The number of hydrazone groups is 1. The van der Waals surface area contributed by atoms with E-state index in [0.29, 0.717) is 11.6 Å². The van der Waals surface area contributed by atoms with Crippen LogP contribution in [0, 0.1) is 5.82 Å². The number of ether oxygens (including phenoxy) is 1. The highest BCUT2D eigenvalue weighted by molar-refractivity contribution is 6.37. The highest BCUT2D eigenvalue weighted by atomic mass is 35.5. The molecule has 0 spiro atoms. The highest BCUT2D eigenvalue weighted by Crippen LogP contribution is 2.45. The highest BCUT2D eigenvalue weighted by Gasteiger charge is 2.73. The molecule has 3 nitrogen and oxygen atoms in total. The van der Waals surface area contributed by atoms with Crippen molar-refractivity contribution in [3.05, 3.63) is 63.4 Å². The van der Waals surface area contributed by atoms with Crippen molar-refractivity contribution in [2.75, 3.05) is 0 Å². The van der Waals surface area contributed by atoms with E-state index in [4.69, 9.17) is 27.9 Å². The van der Waals surface area contributed by atoms with Crippen molar-refractivity contribution < 1.29 is 39.9 Å². The van der Waals surface area contributed by atoms with E-state index in [2.05, 4.69) is 5.10 Å². The first-order chi connectivity index (χ1) is 13.8. The van der Waals surface area contributed by atoms with Crippen LogP contribution in [-0.2, 0) is 6.61 Å². The van der Waals surface area contributed by atoms with Crippen LogP contribution in [0.15, 0.2) is 41.5 Å². The van der Waals surface area contributed by atoms with E-state index in [1.165, 1.54) is 18.2 Å². The monoisotopic (exact) mass is 480 g/mol. The molecule has 1 N–H and O–H groups in total. The lowest BCUT2D eigenvalue weighted by Gasteiger charge is -2.27. The summed E-state index contributed by atoms with van der Waals surface area (Å²) in [4.78, 5) is 0. The second-order valence-electron chi connectivity index (χ2n) is 5.71. The van der Waals surface area contributed by atoms with E-state index in [-0.39, 0.29) is 33.5 Å². The van der Waals surface area contributed by atoms with Crippen molar-refractivity contribution in [2.45, 2.75) is 24.8 Å². The van der Waals surface area contributed by atoms with Gasteiger partial charge in [0.2, 0.25) is 0 Å². The third kappa shape index (κ3) is 5.25. The van der Waals surface area contributed by atoms with Crippen LogP contribution >= 0.6 is 23.2 Å². The summed E-state index contributed by atoms with van der Waals surface area (Å²) >= 11 is 11.9. The van der Waals surface area contributed by atoms with Crippen LogP contribution < -0.4 is 10.2 Å². The largest absolute Gasteiger partial charge is 0.486 e. The zero-order valence-corrected chi connectivity index (χ0v) is 15.9. The van der Waals surface area contributed by atoms with Crippen LogP contribution in [0.3, 0.4) is 0 Å². The molecule has 13 heteroatoms. The smallest absolute Gasteiger partial charge is 0.462 e. The molecule has 0 aliphatic carbocycles. The Morgan fingerprint density at radius 3 is 2.07 bits per heavy atom. The predicted molar refractivity (Wildman–Crippen MR) is 93.9 cm³/mol. The summed E-state index contributed by atoms with van der Waals surface area (Å²) in [6, 6.07) is 2.10. The van der Waals surface area contributed by atoms with Gasteiger partial charge in [-0.15, -0.1) is 0 Å². The van der Waals surface area contributed by atoms with Crippen molar-refractivity contribution >= 4 is 29.4 Å². The molecule has 0 saturated heterocycles. The van der Waals surface area contributed by atoms with Crippen LogP contribution in [-0.4, -0.2) is 24.4 Å². The molecular weight excluding hydrogens is 471 g/mol. The molecule has 2 rings (SSSR count). The maximum absolute atomic E-state index is 13.6. The molecule has 2 aromatic rings. The summed E-state index contributed by atoms with van der Waals surface area (Å²) in [7, 11) is 0. The van der Waals surface area contributed by atoms with Crippen LogP contribution in [0.4, 0.5) is 35.1 Å². The van der Waals surface area contributed by atoms with Crippen LogP contribution in [0.2, 0.25) is 10.0 Å². The van der Waals surface area contributed by atoms with Crippen molar-refractivity contribution in [3.8, 4) is 5.75 Å². The minimum absolute atomic E-state index is 0.0966. The van der Waals surface area contributed by atoms with Crippen molar-refractivity contribution in [1.29, 1.82) is 0 Å². The van der Waals surface area contributed by atoms with Crippen LogP contribution in [0.25, 0.3) is 0 Å². The third-order valence-corrected chi connectivity index (χ3v) is 4.08. The molecule has 0 atom stereocenters. The Hall–Kier alpha value is -2.27. The first-order valence-corrected chi connectivity index (χ1v) is 8.49. The van der Waals surface area contributed by atoms with Crippen molar-refractivity contribution in [3.63, 3.8) is 0 Å². The Bertz CT molecular complexity index is 911. The molecule has 0 saturated carbocycles. The Balaban J connectivity index is 2.12. The molecule has 0 radical (unpaired) electrons. The van der Waals surface area contributed by atoms with Gasteiger partial charge in [-0.3, -0.25) is 0 Å². The maximum atomic E-state index is 13.6. The Kier molecular flexibility index (Phi) is 7.08. The minimum atomic E-state index is -6.50. The van der Waals surface area contributed by atoms with Gasteiger partial charge in [0.15, 0.2) is 5.75 Å². The average molecular weight is 481 g/mol. The molecule has 2 aromatic carbocycles. The lowest BCUT2D eigenvalue weighted by Crippen LogP contribution is -2.58. The summed E-state index contributed by atoms with van der Waals surface area (Å²) in [5.41, 5.74) is 0.532. The molecule has 164 valence electrons. The zero-order valence-electron chi connectivity index (χ0n) is 14.4. The van der Waals surface area contributed by atoms with Gasteiger partial charge in [0.1, 0.15) is 12.4 Å². The van der Waals surface area contributed by atoms with Gasteiger partial charge in [0.05, 0.1) is 16.3 Å². The van der Waals surface area contributed by atoms with Gasteiger partial charge in [-0.1, -0.05) is 41.4 Å². The topological polar surface area (TPSA) is 33.6 Å². The summed E-state index contributed by atoms with van der Waals surface area (Å²) in [6.45, 7) is -0.250. The van der Waals surface area contributed by atoms with Gasteiger partial charge >= 0.3 is 18.1 Å². The molecule has 0 bridgehead atoms. The van der Waals surface area contributed by atoms with Crippen molar-refractivity contribution in [1.82, 2.24) is 5.43 Å². The van der Waals surface area contributed by atoms with Gasteiger partial charge in [-0.2, -0.15) is 35.8 Å². The fourth-order valence-corrected chi connectivity index (χ4v) is 2.61. The number of alkyl halides is 7. The van der Waals surface area contributed by atoms with Gasteiger partial charge in [0.25, 0.3) is 0 Å². The number of nitrogens with zero attached hydrogens (tertiary/aromatic N) is 1. The number of nitrogens with one attached hydrogen (secondary N) is 1. The Labute approximate surface area is 174 Å². The second-order valence-corrected chi connectivity index (χ2v) is 6.52. The lowest BCUT2D eigenvalue weighted by atomic mass is 10.2. The molecule has 0 aliphatic rings. The third-order valence-electron chi connectivity index (χ3n) is 3.52. The summed E-state index contributed by atoms with van der Waals surface area (Å²) in [5, 5.41) is 2.35. The van der Waals surface area contributed by atoms with Gasteiger partial charge in [-0.25, -0.2) is 9.82 Å². The van der Waals surface area contributed by atoms with Gasteiger partial charge in [0, 0.05) is 5.56 Å². The molecule has 30 heavy (non-hydrogen) atoms. The average Bonchev–Trinajstić information content (AvgIpc) is 2.61. The molecule has 0 amide bonds. The first-order valence-electron chi connectivity index (χ1n) is 7.74. The molecule has 0 heterocycles. The number of halogens is 10. The SMILES string of the molecule is Fc1ccccc1COc1c(Cl)cc(/C=N/NC(F)(F)C(F)(F)C(F)(F)F)cc1Cl. The number of benzene rings is 2. The van der Waals surface area contributed by atoms with Crippen LogP contribution in [0.1, 0.15) is 11.1 Å². The van der Waals surface area contributed by atoms with E-state index in [1.807, 2.05) is 0 Å². The van der Waals surface area contributed by atoms with Crippen LogP contribution in [0.5, 0.6) is 5.75 Å². The number of hydrogen-bond acceptors (Lipinski definition) is 3. The zero-order chi connectivity index (χ0) is 22.7.